The number of carbonyl (C=O) groups excluding carboxylic acids is 3. The first-order chi connectivity index (χ1) is 13.1. The molecule has 150 valence electrons. The molecule has 8 heteroatoms. The second kappa shape index (κ2) is 9.14. The number of aromatic nitrogens is 1. The van der Waals surface area contributed by atoms with Crippen LogP contribution in [-0.2, 0) is 9.53 Å². The minimum absolute atomic E-state index is 0.00269. The van der Waals surface area contributed by atoms with Gasteiger partial charge in [0.25, 0.3) is 0 Å². The van der Waals surface area contributed by atoms with Crippen molar-refractivity contribution in [3.63, 3.8) is 0 Å². The second-order valence-corrected chi connectivity index (χ2v) is 7.52. The van der Waals surface area contributed by atoms with Crippen LogP contribution in [0.15, 0.2) is 23.1 Å². The zero-order valence-electron chi connectivity index (χ0n) is 16.0. The standard InChI is InChI=1S/C20H21F2NO4S/c1-10-18(12(3)24)11(2)23-19(10)20(26)13(4)27-17(25)7-8-28-14-5-6-15(21)16(22)9-14/h5-6,9,13,23H,7-8H2,1-4H3/t13-/m1/s1. The number of rotatable bonds is 8. The number of aryl methyl sites for hydroxylation is 1. The summed E-state index contributed by atoms with van der Waals surface area (Å²) in [5.74, 6) is -2.74. The van der Waals surface area contributed by atoms with Crippen molar-refractivity contribution in [2.75, 3.05) is 5.75 Å². The molecule has 2 aromatic rings. The molecule has 0 fully saturated rings. The van der Waals surface area contributed by atoms with Crippen molar-refractivity contribution >= 4 is 29.3 Å². The average Bonchev–Trinajstić information content (AvgIpc) is 2.91. The number of aromatic amines is 1. The van der Waals surface area contributed by atoms with E-state index in [1.165, 1.54) is 31.7 Å². The van der Waals surface area contributed by atoms with Gasteiger partial charge in [0.05, 0.1) is 12.1 Å². The predicted octanol–water partition coefficient (Wildman–Crippen LogP) is 4.41. The maximum absolute atomic E-state index is 13.2. The molecule has 0 unspecified atom stereocenters. The van der Waals surface area contributed by atoms with Gasteiger partial charge in [-0.1, -0.05) is 0 Å². The average molecular weight is 409 g/mol. The summed E-state index contributed by atoms with van der Waals surface area (Å²) in [5, 5.41) is 0. The molecule has 0 spiro atoms. The molecule has 1 aromatic heterocycles. The monoisotopic (exact) mass is 409 g/mol. The first-order valence-corrected chi connectivity index (χ1v) is 9.62. The molecule has 5 nitrogen and oxygen atoms in total. The topological polar surface area (TPSA) is 76.2 Å². The Morgan fingerprint density at radius 3 is 2.43 bits per heavy atom. The van der Waals surface area contributed by atoms with Gasteiger partial charge in [-0.25, -0.2) is 8.78 Å². The van der Waals surface area contributed by atoms with Gasteiger partial charge < -0.3 is 9.72 Å². The molecule has 1 atom stereocenters. The van der Waals surface area contributed by atoms with Crippen LogP contribution < -0.4 is 0 Å². The Labute approximate surface area is 165 Å². The summed E-state index contributed by atoms with van der Waals surface area (Å²) in [5.41, 5.74) is 1.84. The van der Waals surface area contributed by atoms with Crippen LogP contribution in [0.3, 0.4) is 0 Å². The molecule has 0 saturated carbocycles. The van der Waals surface area contributed by atoms with E-state index in [1.54, 1.807) is 13.8 Å². The van der Waals surface area contributed by atoms with Crippen molar-refractivity contribution in [2.24, 2.45) is 0 Å². The Morgan fingerprint density at radius 1 is 1.18 bits per heavy atom. The van der Waals surface area contributed by atoms with E-state index in [2.05, 4.69) is 4.98 Å². The summed E-state index contributed by atoms with van der Waals surface area (Å²) in [7, 11) is 0. The number of hydrogen-bond donors (Lipinski definition) is 1. The molecule has 0 aliphatic carbocycles. The number of thioether (sulfide) groups is 1. The lowest BCUT2D eigenvalue weighted by Gasteiger charge is -2.12. The Bertz CT molecular complexity index is 923. The number of H-pyrrole nitrogens is 1. The van der Waals surface area contributed by atoms with Gasteiger partial charge in [0.15, 0.2) is 23.5 Å². The van der Waals surface area contributed by atoms with E-state index in [4.69, 9.17) is 4.74 Å². The molecular formula is C20H21F2NO4S. The minimum atomic E-state index is -1.02. The van der Waals surface area contributed by atoms with Gasteiger partial charge in [-0.15, -0.1) is 11.8 Å². The van der Waals surface area contributed by atoms with Gasteiger partial charge in [-0.05, 0) is 51.5 Å². The highest BCUT2D eigenvalue weighted by molar-refractivity contribution is 7.99. The quantitative estimate of drug-likeness (QED) is 0.397. The fraction of sp³-hybridized carbons (Fsp3) is 0.350. The normalized spacial score (nSPS) is 11.9. The third kappa shape index (κ3) is 5.07. The van der Waals surface area contributed by atoms with Crippen LogP contribution in [0.2, 0.25) is 0 Å². The largest absolute Gasteiger partial charge is 0.454 e. The maximum Gasteiger partial charge on any atom is 0.307 e. The van der Waals surface area contributed by atoms with Crippen LogP contribution in [0.5, 0.6) is 0 Å². The lowest BCUT2D eigenvalue weighted by Crippen LogP contribution is -2.25. The Hall–Kier alpha value is -2.48. The van der Waals surface area contributed by atoms with E-state index in [-0.39, 0.29) is 17.9 Å². The third-order valence-corrected chi connectivity index (χ3v) is 5.17. The fourth-order valence-electron chi connectivity index (χ4n) is 2.86. The predicted molar refractivity (Wildman–Crippen MR) is 102 cm³/mol. The van der Waals surface area contributed by atoms with Crippen molar-refractivity contribution in [2.45, 2.75) is 45.1 Å². The molecule has 0 amide bonds. The Balaban J connectivity index is 1.91. The maximum atomic E-state index is 13.2. The summed E-state index contributed by atoms with van der Waals surface area (Å²) >= 11 is 1.18. The SMILES string of the molecule is CC(=O)c1c(C)[nH]c(C(=O)[C@@H](C)OC(=O)CCSc2ccc(F)c(F)c2)c1C. The van der Waals surface area contributed by atoms with Gasteiger partial charge in [-0.2, -0.15) is 0 Å². The first kappa shape index (κ1) is 21.8. The van der Waals surface area contributed by atoms with E-state index < -0.39 is 29.5 Å². The number of esters is 1. The zero-order chi connectivity index (χ0) is 21.0. The fourth-order valence-corrected chi connectivity index (χ4v) is 3.71. The number of halogens is 2. The Kier molecular flexibility index (Phi) is 7.12. The second-order valence-electron chi connectivity index (χ2n) is 6.35. The molecule has 1 heterocycles. The van der Waals surface area contributed by atoms with Crippen molar-refractivity contribution < 1.29 is 27.9 Å². The molecule has 0 radical (unpaired) electrons. The van der Waals surface area contributed by atoms with Crippen molar-refractivity contribution in [1.82, 2.24) is 4.98 Å². The smallest absolute Gasteiger partial charge is 0.307 e. The third-order valence-electron chi connectivity index (χ3n) is 4.18. The highest BCUT2D eigenvalue weighted by Gasteiger charge is 2.25. The summed E-state index contributed by atoms with van der Waals surface area (Å²) in [6.07, 6.45) is -1.01. The molecule has 0 bridgehead atoms. The van der Waals surface area contributed by atoms with E-state index >= 15 is 0 Å². The highest BCUT2D eigenvalue weighted by atomic mass is 32.2. The molecule has 2 rings (SSSR count). The number of ether oxygens (including phenoxy) is 1. The van der Waals surface area contributed by atoms with Gasteiger partial charge in [-0.3, -0.25) is 14.4 Å². The van der Waals surface area contributed by atoms with Gasteiger partial charge in [0.2, 0.25) is 5.78 Å². The van der Waals surface area contributed by atoms with Crippen molar-refractivity contribution in [3.8, 4) is 0 Å². The summed E-state index contributed by atoms with van der Waals surface area (Å²) < 4.78 is 31.2. The molecule has 1 aromatic carbocycles. The minimum Gasteiger partial charge on any atom is -0.454 e. The highest BCUT2D eigenvalue weighted by Crippen LogP contribution is 2.22. The van der Waals surface area contributed by atoms with Crippen molar-refractivity contribution in [1.29, 1.82) is 0 Å². The molecule has 28 heavy (non-hydrogen) atoms. The van der Waals surface area contributed by atoms with Crippen molar-refractivity contribution in [3.05, 3.63) is 52.3 Å². The van der Waals surface area contributed by atoms with E-state index in [0.29, 0.717) is 27.5 Å². The van der Waals surface area contributed by atoms with Gasteiger partial charge in [0.1, 0.15) is 0 Å². The summed E-state index contributed by atoms with van der Waals surface area (Å²) in [4.78, 5) is 39.6. The Morgan fingerprint density at radius 2 is 1.86 bits per heavy atom. The summed E-state index contributed by atoms with van der Waals surface area (Å²) in [6, 6.07) is 3.50. The molecular weight excluding hydrogens is 388 g/mol. The van der Waals surface area contributed by atoms with E-state index in [0.717, 1.165) is 12.1 Å². The molecule has 1 N–H and O–H groups in total. The van der Waals surface area contributed by atoms with Gasteiger partial charge >= 0.3 is 5.97 Å². The van der Waals surface area contributed by atoms with Crippen LogP contribution in [0.4, 0.5) is 8.78 Å². The van der Waals surface area contributed by atoms with E-state index in [1.807, 2.05) is 0 Å². The number of carbonyl (C=O) groups is 3. The molecule has 0 saturated heterocycles. The van der Waals surface area contributed by atoms with E-state index in [9.17, 15) is 23.2 Å². The number of ketones is 2. The number of hydrogen-bond acceptors (Lipinski definition) is 5. The summed E-state index contributed by atoms with van der Waals surface area (Å²) in [6.45, 7) is 6.25. The number of Topliss-reactive ketones (excluding diaryl/α,β-unsaturated/α-hetero) is 2. The molecule has 0 aliphatic rings. The zero-order valence-corrected chi connectivity index (χ0v) is 16.8. The van der Waals surface area contributed by atoms with Gasteiger partial charge in [0, 0.05) is 21.9 Å². The van der Waals surface area contributed by atoms with Crippen LogP contribution in [0.25, 0.3) is 0 Å². The number of benzene rings is 1. The van der Waals surface area contributed by atoms with Crippen LogP contribution >= 0.6 is 11.8 Å². The van der Waals surface area contributed by atoms with Crippen LogP contribution in [0, 0.1) is 25.5 Å². The molecule has 0 aliphatic heterocycles. The first-order valence-electron chi connectivity index (χ1n) is 8.63. The lowest BCUT2D eigenvalue weighted by atomic mass is 10.0. The van der Waals surface area contributed by atoms with Crippen LogP contribution in [-0.4, -0.2) is 34.4 Å². The number of nitrogens with one attached hydrogen (secondary N) is 1. The van der Waals surface area contributed by atoms with Crippen LogP contribution in [0.1, 0.15) is 52.4 Å². The lowest BCUT2D eigenvalue weighted by molar-refractivity contribution is -0.145.